The summed E-state index contributed by atoms with van der Waals surface area (Å²) in [5.41, 5.74) is 45.1. The highest BCUT2D eigenvalue weighted by atomic mass is 32.1. The number of H-pyrrole nitrogens is 1. The maximum atomic E-state index is 15.3. The van der Waals surface area contributed by atoms with Crippen LogP contribution in [-0.4, -0.2) is 333 Å². The normalized spacial score (nSPS) is 26.0. The number of aromatic nitrogens is 6. The lowest BCUT2D eigenvalue weighted by atomic mass is 9.97. The number of hydrogen-bond acceptors (Lipinski definition) is 41. The van der Waals surface area contributed by atoms with Crippen LogP contribution in [0.5, 0.6) is 0 Å². The van der Waals surface area contributed by atoms with Gasteiger partial charge in [-0.3, -0.25) is 38.4 Å². The first-order valence-electron chi connectivity index (χ1n) is 37.9. The predicted molar refractivity (Wildman–Crippen MR) is 412 cm³/mol. The predicted octanol–water partition coefficient (Wildman–Crippen LogP) is -11.3. The number of aliphatic hydroxyl groups is 11. The van der Waals surface area contributed by atoms with Gasteiger partial charge in [0.25, 0.3) is 11.8 Å². The maximum absolute atomic E-state index is 15.3. The Morgan fingerprint density at radius 2 is 1.36 bits per heavy atom. The van der Waals surface area contributed by atoms with Crippen molar-refractivity contribution in [1.29, 1.82) is 0 Å². The number of nitrogens with two attached hydrogens (primary N) is 8. The SMILES string of the molecule is Cc1c(N)nc(C(CC(N)=O)NCC(N)C(N)=O)nc1C(=O)NC(C(=O)NC(C)C(O)CC(=O)NC(C(=O)NC(OC1OC(C)C(N)C(O)C1O)C(O)c1nc(-c2nc(C(=O)NCCCC(N)CC(=O)NCCCNCCCCN)cs2)cs1)C(C)O)C(OC1OC(CO)C(O)C(O)C1OC1OC(CO)C(O)C(OC(N)=O)C1O)c1cnc[nH]1. The van der Waals surface area contributed by atoms with Crippen molar-refractivity contribution in [2.45, 2.75) is 238 Å². The lowest BCUT2D eigenvalue weighted by Gasteiger charge is -2.47. The highest BCUT2D eigenvalue weighted by Crippen LogP contribution is 2.36. The summed E-state index contributed by atoms with van der Waals surface area (Å²) in [6.07, 6.45) is -34.5. The van der Waals surface area contributed by atoms with Crippen LogP contribution in [-0.2, 0) is 61.9 Å². The quantitative estimate of drug-likeness (QED) is 0.0144. The Labute approximate surface area is 687 Å². The number of imidazole rings is 1. The van der Waals surface area contributed by atoms with Crippen LogP contribution >= 0.6 is 22.7 Å². The average molecular weight is 1730 g/mol. The van der Waals surface area contributed by atoms with Gasteiger partial charge in [0.15, 0.2) is 37.3 Å². The third-order valence-electron chi connectivity index (χ3n) is 19.3. The van der Waals surface area contributed by atoms with Gasteiger partial charge in [0.2, 0.25) is 35.4 Å². The Morgan fingerprint density at radius 1 is 0.681 bits per heavy atom. The summed E-state index contributed by atoms with van der Waals surface area (Å²) in [7, 11) is 0. The number of ether oxygens (including phenoxy) is 7. The van der Waals surface area contributed by atoms with Gasteiger partial charge in [-0.1, -0.05) is 0 Å². The molecule has 0 aliphatic carbocycles. The fourth-order valence-corrected chi connectivity index (χ4v) is 14.0. The van der Waals surface area contributed by atoms with Crippen LogP contribution in [0.2, 0.25) is 0 Å². The molecule has 36 N–H and O–H groups in total. The number of anilines is 1. The van der Waals surface area contributed by atoms with E-state index in [2.05, 4.69) is 72.4 Å². The average Bonchev–Trinajstić information content (AvgIpc) is 1.21. The monoisotopic (exact) mass is 1730 g/mol. The van der Waals surface area contributed by atoms with Crippen LogP contribution in [0.25, 0.3) is 10.7 Å². The second-order valence-electron chi connectivity index (χ2n) is 28.6. The molecule has 119 heavy (non-hydrogen) atoms. The van der Waals surface area contributed by atoms with Crippen molar-refractivity contribution in [3.63, 3.8) is 0 Å². The summed E-state index contributed by atoms with van der Waals surface area (Å²) in [6.45, 7) is 5.33. The van der Waals surface area contributed by atoms with E-state index in [9.17, 15) is 89.7 Å². The molecule has 0 spiro atoms. The van der Waals surface area contributed by atoms with E-state index in [0.29, 0.717) is 25.9 Å². The van der Waals surface area contributed by atoms with Gasteiger partial charge in [-0.25, -0.2) is 29.7 Å². The van der Waals surface area contributed by atoms with E-state index >= 15 is 9.59 Å². The summed E-state index contributed by atoms with van der Waals surface area (Å²) in [5, 5.41) is 147. The molecule has 51 heteroatoms. The molecule has 3 aliphatic heterocycles. The molecular weight excluding hydrogens is 1620 g/mol. The number of nitrogens with zero attached hydrogens (tertiary/aromatic N) is 5. The Balaban J connectivity index is 1.11. The van der Waals surface area contributed by atoms with E-state index in [-0.39, 0.29) is 51.5 Å². The van der Waals surface area contributed by atoms with Crippen LogP contribution in [0.1, 0.15) is 133 Å². The van der Waals surface area contributed by atoms with Gasteiger partial charge in [-0.2, -0.15) is 0 Å². The number of rotatable bonds is 47. The van der Waals surface area contributed by atoms with Gasteiger partial charge in [0, 0.05) is 54.8 Å². The van der Waals surface area contributed by atoms with Crippen molar-refractivity contribution in [2.24, 2.45) is 40.1 Å². The number of aromatic amines is 1. The molecule has 3 aliphatic rings. The van der Waals surface area contributed by atoms with Crippen molar-refractivity contribution in [3.05, 3.63) is 56.8 Å². The molecule has 0 saturated carbocycles. The minimum Gasteiger partial charge on any atom is -0.441 e. The number of amides is 9. The fourth-order valence-electron chi connectivity index (χ4n) is 12.4. The zero-order valence-electron chi connectivity index (χ0n) is 65.3. The van der Waals surface area contributed by atoms with Crippen molar-refractivity contribution >= 4 is 81.8 Å². The van der Waals surface area contributed by atoms with E-state index in [0.717, 1.165) is 81.4 Å². The Kier molecular flexibility index (Phi) is 38.1. The zero-order valence-corrected chi connectivity index (χ0v) is 66.9. The summed E-state index contributed by atoms with van der Waals surface area (Å²) >= 11 is 1.84. The Hall–Kier alpha value is -8.54. The van der Waals surface area contributed by atoms with E-state index in [1.807, 2.05) is 0 Å². The van der Waals surface area contributed by atoms with Crippen molar-refractivity contribution < 1.29 is 132 Å². The molecule has 7 rings (SSSR count). The first kappa shape index (κ1) is 97.6. The minimum atomic E-state index is -2.27. The molecule has 4 aromatic rings. The topological polar surface area (TPSA) is 825 Å². The number of carbonyl (C=O) groups excluding carboxylic acids is 9. The van der Waals surface area contributed by atoms with E-state index in [1.54, 1.807) is 0 Å². The number of unbranched alkanes of at least 4 members (excludes halogenated alkanes) is 1. The molecule has 7 heterocycles. The largest absolute Gasteiger partial charge is 0.441 e. The molecule has 666 valence electrons. The zero-order chi connectivity index (χ0) is 87.8. The van der Waals surface area contributed by atoms with Gasteiger partial charge in [-0.05, 0) is 79.4 Å². The van der Waals surface area contributed by atoms with Crippen molar-refractivity contribution in [2.75, 3.05) is 58.2 Å². The molecule has 0 bridgehead atoms. The first-order chi connectivity index (χ1) is 56.4. The molecule has 3 saturated heterocycles. The molecule has 49 nitrogen and oxygen atoms in total. The number of nitrogen functional groups attached to an aromatic ring is 1. The standard InChI is InChI=1S/C68H110N22O27S2/c1-25-42(87-57(89-55(25)74)31(16-38(72)95)81-18-30(71)56(75)105)59(107)88-44(52(32-19-78-24-82-32)114-67-54(48(101)45(98)36(20-91)113-67)115-66-50(103)53(116-68(76)110)46(99)37(21-92)112-66)61(109)83-26(2)35(94)17-40(97)86-43(27(3)93)60(108)90-62(117-65-49(102)47(100)41(73)28(4)111-65)51(104)64-85-34(23-119-64)63-84-33(22-118-63)58(106)80-13-7-9-29(70)15-39(96)79-14-8-12-77-11-6-5-10-69/h19,22-24,26-31,35-37,41,43-54,62,65-67,77,81,91-94,98-104H,5-18,20-21,69-71,73H2,1-4H3,(H2,72,95)(H2,75,105)(H2,76,110)(H,78,82)(H,79,96)(H,80,106)(H,83,109)(H,86,97)(H,88,107)(H,90,108)(H2,74,87,89). The minimum absolute atomic E-state index is 0.00960. The summed E-state index contributed by atoms with van der Waals surface area (Å²) in [5.74, 6) is -8.64. The lowest BCUT2D eigenvalue weighted by Crippen LogP contribution is -2.65. The van der Waals surface area contributed by atoms with Gasteiger partial charge < -0.3 is 183 Å². The highest BCUT2D eigenvalue weighted by Gasteiger charge is 2.54. The summed E-state index contributed by atoms with van der Waals surface area (Å²) in [4.78, 5) is 145. The molecule has 26 unspecified atom stereocenters. The third kappa shape index (κ3) is 27.5. The fraction of sp³-hybridized carbons (Fsp3) is 0.676. The van der Waals surface area contributed by atoms with Crippen molar-refractivity contribution in [1.82, 2.24) is 72.4 Å². The van der Waals surface area contributed by atoms with Crippen LogP contribution in [0.4, 0.5) is 10.6 Å². The molecule has 26 atom stereocenters. The number of hydrogen-bond donors (Lipinski definition) is 28. The Morgan fingerprint density at radius 3 is 2.02 bits per heavy atom. The van der Waals surface area contributed by atoms with Crippen LogP contribution in [0.3, 0.4) is 0 Å². The maximum Gasteiger partial charge on any atom is 0.404 e. The second-order valence-corrected chi connectivity index (χ2v) is 30.3. The number of carbonyl (C=O) groups is 9. The molecule has 0 aromatic carbocycles. The van der Waals surface area contributed by atoms with Gasteiger partial charge >= 0.3 is 6.09 Å². The van der Waals surface area contributed by atoms with Crippen molar-refractivity contribution in [3.8, 4) is 10.7 Å². The molecular formula is C68H110N22O27S2. The van der Waals surface area contributed by atoms with E-state index in [4.69, 9.17) is 79.0 Å². The lowest BCUT2D eigenvalue weighted by molar-refractivity contribution is -0.372. The third-order valence-corrected chi connectivity index (χ3v) is 21.1. The van der Waals surface area contributed by atoms with Gasteiger partial charge in [0.1, 0.15) is 112 Å². The number of primary amides is 3. The smallest absolute Gasteiger partial charge is 0.404 e. The first-order valence-corrected chi connectivity index (χ1v) is 39.7. The number of aliphatic hydroxyl groups excluding tert-OH is 11. The van der Waals surface area contributed by atoms with E-state index < -0.39 is 256 Å². The summed E-state index contributed by atoms with van der Waals surface area (Å²) in [6, 6.07) is -10.2. The number of nitrogens with one attached hydrogen (secondary N) is 9. The van der Waals surface area contributed by atoms with Gasteiger partial charge in [0.05, 0.1) is 80.3 Å². The van der Waals surface area contributed by atoms with Crippen LogP contribution in [0, 0.1) is 6.92 Å². The molecule has 3 fully saturated rings. The Bertz CT molecular complexity index is 3960. The summed E-state index contributed by atoms with van der Waals surface area (Å²) < 4.78 is 40.5. The number of thiazole rings is 2. The van der Waals surface area contributed by atoms with Crippen LogP contribution in [0.15, 0.2) is 23.3 Å². The van der Waals surface area contributed by atoms with Crippen LogP contribution < -0.4 is 88.4 Å². The molecule has 0 radical (unpaired) electrons. The van der Waals surface area contributed by atoms with Gasteiger partial charge in [-0.15, -0.1) is 22.7 Å². The van der Waals surface area contributed by atoms with E-state index in [1.165, 1.54) is 24.6 Å². The molecule has 4 aromatic heterocycles. The highest BCUT2D eigenvalue weighted by molar-refractivity contribution is 7.14. The second kappa shape index (κ2) is 46.5. The molecule has 9 amide bonds.